The van der Waals surface area contributed by atoms with E-state index in [0.717, 1.165) is 16.7 Å². The molecule has 0 aliphatic carbocycles. The predicted molar refractivity (Wildman–Crippen MR) is 86.4 cm³/mol. The molecular formula is C16H20N2O2S. The lowest BCUT2D eigenvalue weighted by atomic mass is 10.1. The Balaban J connectivity index is 1.94. The standard InChI is InChI=1S/C16H20N2O2S/c1-13-15(8-5-9-16(13)17)12-18-21(19,20)11-10-14-6-3-2-4-7-14/h2-9,18H,10-12,17H2,1H3. The molecule has 0 aliphatic heterocycles. The van der Waals surface area contributed by atoms with Crippen molar-refractivity contribution in [2.75, 3.05) is 11.5 Å². The molecule has 2 rings (SSSR count). The van der Waals surface area contributed by atoms with Gasteiger partial charge in [-0.1, -0.05) is 42.5 Å². The molecule has 0 heterocycles. The van der Waals surface area contributed by atoms with Gasteiger partial charge in [0.2, 0.25) is 10.0 Å². The number of aryl methyl sites for hydroxylation is 1. The van der Waals surface area contributed by atoms with Crippen molar-refractivity contribution in [2.45, 2.75) is 19.9 Å². The Morgan fingerprint density at radius 1 is 1.05 bits per heavy atom. The lowest BCUT2D eigenvalue weighted by Crippen LogP contribution is -2.27. The number of nitrogens with two attached hydrogens (primary N) is 1. The fourth-order valence-corrected chi connectivity index (χ4v) is 3.08. The second-order valence-electron chi connectivity index (χ2n) is 5.01. The largest absolute Gasteiger partial charge is 0.399 e. The average molecular weight is 304 g/mol. The Morgan fingerprint density at radius 3 is 2.48 bits per heavy atom. The number of hydrogen-bond acceptors (Lipinski definition) is 3. The molecule has 0 unspecified atom stereocenters. The molecule has 112 valence electrons. The molecule has 5 heteroatoms. The van der Waals surface area contributed by atoms with Crippen molar-refractivity contribution in [1.29, 1.82) is 0 Å². The first-order valence-corrected chi connectivity index (χ1v) is 8.48. The van der Waals surface area contributed by atoms with Crippen LogP contribution in [-0.4, -0.2) is 14.2 Å². The molecule has 4 nitrogen and oxygen atoms in total. The van der Waals surface area contributed by atoms with Crippen LogP contribution < -0.4 is 10.5 Å². The number of benzene rings is 2. The van der Waals surface area contributed by atoms with E-state index in [-0.39, 0.29) is 12.3 Å². The summed E-state index contributed by atoms with van der Waals surface area (Å²) in [4.78, 5) is 0. The molecule has 0 saturated carbocycles. The number of sulfonamides is 1. The molecule has 2 aromatic rings. The van der Waals surface area contributed by atoms with Crippen LogP contribution in [-0.2, 0) is 23.0 Å². The van der Waals surface area contributed by atoms with Gasteiger partial charge < -0.3 is 5.73 Å². The topological polar surface area (TPSA) is 72.2 Å². The van der Waals surface area contributed by atoms with Crippen molar-refractivity contribution in [2.24, 2.45) is 0 Å². The molecule has 3 N–H and O–H groups in total. The smallest absolute Gasteiger partial charge is 0.212 e. The van der Waals surface area contributed by atoms with E-state index < -0.39 is 10.0 Å². The van der Waals surface area contributed by atoms with Gasteiger partial charge in [-0.05, 0) is 36.1 Å². The van der Waals surface area contributed by atoms with Gasteiger partial charge in [0.1, 0.15) is 0 Å². The second-order valence-corrected chi connectivity index (χ2v) is 6.93. The van der Waals surface area contributed by atoms with Gasteiger partial charge in [-0.2, -0.15) is 0 Å². The van der Waals surface area contributed by atoms with E-state index in [1.54, 1.807) is 0 Å². The molecule has 0 amide bonds. The maximum Gasteiger partial charge on any atom is 0.212 e. The van der Waals surface area contributed by atoms with E-state index in [1.807, 2.05) is 55.5 Å². The normalized spacial score (nSPS) is 11.5. The van der Waals surface area contributed by atoms with Crippen LogP contribution in [0.2, 0.25) is 0 Å². The molecule has 0 bridgehead atoms. The van der Waals surface area contributed by atoms with Crippen LogP contribution in [0.4, 0.5) is 5.69 Å². The van der Waals surface area contributed by atoms with Crippen molar-refractivity contribution in [1.82, 2.24) is 4.72 Å². The minimum Gasteiger partial charge on any atom is -0.399 e. The summed E-state index contributed by atoms with van der Waals surface area (Å²) in [5.41, 5.74) is 9.33. The molecule has 0 radical (unpaired) electrons. The molecule has 0 aromatic heterocycles. The fraction of sp³-hybridized carbons (Fsp3) is 0.250. The monoisotopic (exact) mass is 304 g/mol. The minimum absolute atomic E-state index is 0.0817. The second kappa shape index (κ2) is 6.74. The van der Waals surface area contributed by atoms with Gasteiger partial charge in [0, 0.05) is 12.2 Å². The maximum absolute atomic E-state index is 12.0. The Kier molecular flexibility index (Phi) is 4.98. The van der Waals surface area contributed by atoms with E-state index in [2.05, 4.69) is 4.72 Å². The highest BCUT2D eigenvalue weighted by Gasteiger charge is 2.11. The summed E-state index contributed by atoms with van der Waals surface area (Å²) in [6, 6.07) is 15.1. The third-order valence-electron chi connectivity index (χ3n) is 3.47. The van der Waals surface area contributed by atoms with Crippen LogP contribution in [0.15, 0.2) is 48.5 Å². The summed E-state index contributed by atoms with van der Waals surface area (Å²) in [7, 11) is -3.30. The van der Waals surface area contributed by atoms with Crippen LogP contribution in [0, 0.1) is 6.92 Å². The van der Waals surface area contributed by atoms with E-state index in [4.69, 9.17) is 5.73 Å². The summed E-state index contributed by atoms with van der Waals surface area (Å²) in [6.45, 7) is 2.16. The molecule has 2 aromatic carbocycles. The predicted octanol–water partition coefficient (Wildman–Crippen LogP) is 2.24. The molecule has 21 heavy (non-hydrogen) atoms. The van der Waals surface area contributed by atoms with Gasteiger partial charge in [0.05, 0.1) is 5.75 Å². The average Bonchev–Trinajstić information content (AvgIpc) is 2.48. The first-order chi connectivity index (χ1) is 9.98. The third-order valence-corrected chi connectivity index (χ3v) is 4.80. The molecule has 0 aliphatic rings. The van der Waals surface area contributed by atoms with E-state index in [1.165, 1.54) is 0 Å². The highest BCUT2D eigenvalue weighted by Crippen LogP contribution is 2.15. The summed E-state index contributed by atoms with van der Waals surface area (Å²) < 4.78 is 26.7. The van der Waals surface area contributed by atoms with Crippen LogP contribution in [0.25, 0.3) is 0 Å². The zero-order valence-corrected chi connectivity index (χ0v) is 12.9. The number of hydrogen-bond donors (Lipinski definition) is 2. The van der Waals surface area contributed by atoms with Crippen molar-refractivity contribution in [3.05, 3.63) is 65.2 Å². The van der Waals surface area contributed by atoms with E-state index in [0.29, 0.717) is 12.1 Å². The van der Waals surface area contributed by atoms with Crippen molar-refractivity contribution < 1.29 is 8.42 Å². The minimum atomic E-state index is -3.30. The number of anilines is 1. The summed E-state index contributed by atoms with van der Waals surface area (Å²) in [5, 5.41) is 0. The van der Waals surface area contributed by atoms with Crippen molar-refractivity contribution in [3.63, 3.8) is 0 Å². The van der Waals surface area contributed by atoms with Crippen molar-refractivity contribution >= 4 is 15.7 Å². The van der Waals surface area contributed by atoms with Gasteiger partial charge in [-0.15, -0.1) is 0 Å². The van der Waals surface area contributed by atoms with Gasteiger partial charge in [-0.3, -0.25) is 0 Å². The van der Waals surface area contributed by atoms with Crippen LogP contribution in [0.1, 0.15) is 16.7 Å². The SMILES string of the molecule is Cc1c(N)cccc1CNS(=O)(=O)CCc1ccccc1. The number of nitrogens with one attached hydrogen (secondary N) is 1. The van der Waals surface area contributed by atoms with Gasteiger partial charge >= 0.3 is 0 Å². The Morgan fingerprint density at radius 2 is 1.76 bits per heavy atom. The highest BCUT2D eigenvalue weighted by molar-refractivity contribution is 7.89. The zero-order valence-electron chi connectivity index (χ0n) is 12.0. The fourth-order valence-electron chi connectivity index (χ4n) is 2.05. The number of rotatable bonds is 6. The van der Waals surface area contributed by atoms with Gasteiger partial charge in [-0.25, -0.2) is 13.1 Å². The van der Waals surface area contributed by atoms with Gasteiger partial charge in [0.15, 0.2) is 0 Å². The Labute approximate surface area is 126 Å². The Bertz CT molecular complexity index is 697. The summed E-state index contributed by atoms with van der Waals surface area (Å²) >= 11 is 0. The van der Waals surface area contributed by atoms with Crippen molar-refractivity contribution in [3.8, 4) is 0 Å². The first kappa shape index (κ1) is 15.5. The van der Waals surface area contributed by atoms with E-state index in [9.17, 15) is 8.42 Å². The van der Waals surface area contributed by atoms with Crippen LogP contribution in [0.3, 0.4) is 0 Å². The number of nitrogen functional groups attached to an aromatic ring is 1. The third kappa shape index (κ3) is 4.58. The zero-order chi connectivity index (χ0) is 15.3. The lowest BCUT2D eigenvalue weighted by Gasteiger charge is -2.10. The molecule has 0 saturated heterocycles. The van der Waals surface area contributed by atoms with Gasteiger partial charge in [0.25, 0.3) is 0 Å². The maximum atomic E-state index is 12.0. The highest BCUT2D eigenvalue weighted by atomic mass is 32.2. The molecule has 0 fully saturated rings. The Hall–Kier alpha value is -1.85. The first-order valence-electron chi connectivity index (χ1n) is 6.83. The molecule has 0 atom stereocenters. The lowest BCUT2D eigenvalue weighted by molar-refractivity contribution is 0.580. The van der Waals surface area contributed by atoms with Crippen LogP contribution in [0.5, 0.6) is 0 Å². The summed E-state index contributed by atoms with van der Waals surface area (Å²) in [5.74, 6) is 0.0817. The van der Waals surface area contributed by atoms with Crippen LogP contribution >= 0.6 is 0 Å². The summed E-state index contributed by atoms with van der Waals surface area (Å²) in [6.07, 6.45) is 0.506. The van der Waals surface area contributed by atoms with E-state index >= 15 is 0 Å². The molecule has 0 spiro atoms. The quantitative estimate of drug-likeness (QED) is 0.804. The molecular weight excluding hydrogens is 284 g/mol.